The van der Waals surface area contributed by atoms with Crippen LogP contribution in [0.3, 0.4) is 0 Å². The molecule has 322 valence electrons. The number of hydrogen-bond donors (Lipinski definition) is 0. The molecule has 5 nitrogen and oxygen atoms in total. The molecule has 0 saturated carbocycles. The predicted molar refractivity (Wildman–Crippen MR) is 268 cm³/mol. The Labute approximate surface area is 388 Å². The average Bonchev–Trinajstić information content (AvgIpc) is 3.90. The number of nitrogens with zero attached hydrogens (tertiary/aromatic N) is 5. The molecule has 0 bridgehead atoms. The standard InChI is InChI=1S/C60H36F3N5/c61-60(62,63)46-17-11-16-42(30-46)49-34-58(67-54-20-9-7-18-47(54)50-31-40(24-28-56(50)67)43-22-26-52(65-36-43)38-12-3-1-4-13-38)45(35-64)33-59(49)68-55-21-10-8-19-48(55)51-32-41(25-29-57(51)68)44-23-27-53(66-37-44)39-14-5-2-6-15-39/h1-34,36-37H. The van der Waals surface area contributed by atoms with E-state index in [9.17, 15) is 18.4 Å². The lowest BCUT2D eigenvalue weighted by molar-refractivity contribution is -0.137. The van der Waals surface area contributed by atoms with Crippen LogP contribution in [0.4, 0.5) is 13.2 Å². The third-order valence-corrected chi connectivity index (χ3v) is 12.9. The largest absolute Gasteiger partial charge is 0.416 e. The van der Waals surface area contributed by atoms with Crippen LogP contribution in [0.1, 0.15) is 11.1 Å². The van der Waals surface area contributed by atoms with Gasteiger partial charge in [-0.3, -0.25) is 9.97 Å². The van der Waals surface area contributed by atoms with E-state index in [-0.39, 0.29) is 0 Å². The summed E-state index contributed by atoms with van der Waals surface area (Å²) in [5.41, 5.74) is 12.7. The van der Waals surface area contributed by atoms with Gasteiger partial charge in [0.2, 0.25) is 0 Å². The first kappa shape index (κ1) is 40.4. The predicted octanol–water partition coefficient (Wildman–Crippen LogP) is 15.9. The van der Waals surface area contributed by atoms with Gasteiger partial charge in [0.15, 0.2) is 0 Å². The van der Waals surface area contributed by atoms with Gasteiger partial charge in [-0.1, -0.05) is 133 Å². The van der Waals surface area contributed by atoms with Crippen LogP contribution >= 0.6 is 0 Å². The Morgan fingerprint density at radius 1 is 0.382 bits per heavy atom. The van der Waals surface area contributed by atoms with E-state index in [0.29, 0.717) is 28.1 Å². The Morgan fingerprint density at radius 2 is 0.853 bits per heavy atom. The summed E-state index contributed by atoms with van der Waals surface area (Å²) in [6.45, 7) is 0. The highest BCUT2D eigenvalue weighted by molar-refractivity contribution is 6.12. The molecule has 68 heavy (non-hydrogen) atoms. The second-order valence-electron chi connectivity index (χ2n) is 16.8. The van der Waals surface area contributed by atoms with E-state index in [1.807, 2.05) is 158 Å². The summed E-state index contributed by atoms with van der Waals surface area (Å²) in [7, 11) is 0. The summed E-state index contributed by atoms with van der Waals surface area (Å²) in [5, 5.41) is 15.0. The van der Waals surface area contributed by atoms with E-state index in [1.54, 1.807) is 6.07 Å². The molecule has 0 fully saturated rings. The molecule has 0 amide bonds. The smallest absolute Gasteiger partial charge is 0.309 e. The minimum Gasteiger partial charge on any atom is -0.309 e. The van der Waals surface area contributed by atoms with Crippen molar-refractivity contribution >= 4 is 43.6 Å². The number of nitriles is 1. The minimum atomic E-state index is -4.58. The van der Waals surface area contributed by atoms with Crippen LogP contribution in [0.2, 0.25) is 0 Å². The second kappa shape index (κ2) is 16.1. The van der Waals surface area contributed by atoms with E-state index in [0.717, 1.165) is 94.4 Å². The first-order chi connectivity index (χ1) is 33.3. The number of pyridine rings is 2. The lowest BCUT2D eigenvalue weighted by Gasteiger charge is -2.19. The molecule has 0 saturated heterocycles. The summed E-state index contributed by atoms with van der Waals surface area (Å²) >= 11 is 0. The number of aromatic nitrogens is 4. The van der Waals surface area contributed by atoms with Crippen molar-refractivity contribution in [2.45, 2.75) is 6.18 Å². The van der Waals surface area contributed by atoms with Crippen molar-refractivity contribution in [3.63, 3.8) is 0 Å². The van der Waals surface area contributed by atoms with Crippen LogP contribution in [0.5, 0.6) is 0 Å². The average molecular weight is 884 g/mol. The summed E-state index contributed by atoms with van der Waals surface area (Å²) in [5.74, 6) is 0. The van der Waals surface area contributed by atoms with Crippen LogP contribution < -0.4 is 0 Å². The Hall–Kier alpha value is -9.06. The highest BCUT2D eigenvalue weighted by Gasteiger charge is 2.31. The third-order valence-electron chi connectivity index (χ3n) is 12.9. The fraction of sp³-hybridized carbons (Fsp3) is 0.0167. The fourth-order valence-corrected chi connectivity index (χ4v) is 9.64. The summed E-state index contributed by atoms with van der Waals surface area (Å²) in [6.07, 6.45) is -0.820. The van der Waals surface area contributed by atoms with Crippen LogP contribution in [0.25, 0.3) is 111 Å². The van der Waals surface area contributed by atoms with Crippen LogP contribution in [0, 0.1) is 11.3 Å². The fourth-order valence-electron chi connectivity index (χ4n) is 9.64. The summed E-state index contributed by atoms with van der Waals surface area (Å²) in [6, 6.07) is 68.3. The zero-order valence-electron chi connectivity index (χ0n) is 36.2. The minimum absolute atomic E-state index is 0.357. The molecule has 0 radical (unpaired) electrons. The molecular formula is C60H36F3N5. The van der Waals surface area contributed by atoms with Crippen molar-refractivity contribution in [1.29, 1.82) is 5.26 Å². The van der Waals surface area contributed by atoms with E-state index in [2.05, 4.69) is 51.6 Å². The van der Waals surface area contributed by atoms with Gasteiger partial charge in [0, 0.05) is 61.8 Å². The topological polar surface area (TPSA) is 59.4 Å². The monoisotopic (exact) mass is 883 g/mol. The number of hydrogen-bond acceptors (Lipinski definition) is 3. The maximum Gasteiger partial charge on any atom is 0.416 e. The van der Waals surface area contributed by atoms with Gasteiger partial charge in [0.25, 0.3) is 0 Å². The molecule has 4 aromatic heterocycles. The van der Waals surface area contributed by atoms with Crippen LogP contribution in [-0.4, -0.2) is 19.1 Å². The maximum absolute atomic E-state index is 14.5. The van der Waals surface area contributed by atoms with Gasteiger partial charge in [-0.2, -0.15) is 18.4 Å². The van der Waals surface area contributed by atoms with Gasteiger partial charge in [-0.15, -0.1) is 0 Å². The van der Waals surface area contributed by atoms with Crippen molar-refractivity contribution in [3.8, 4) is 73.3 Å². The van der Waals surface area contributed by atoms with Gasteiger partial charge >= 0.3 is 6.18 Å². The molecule has 0 spiro atoms. The van der Waals surface area contributed by atoms with Gasteiger partial charge < -0.3 is 9.13 Å². The zero-order chi connectivity index (χ0) is 45.9. The second-order valence-corrected chi connectivity index (χ2v) is 16.8. The van der Waals surface area contributed by atoms with Crippen molar-refractivity contribution < 1.29 is 13.2 Å². The molecule has 12 rings (SSSR count). The maximum atomic E-state index is 14.5. The first-order valence-corrected chi connectivity index (χ1v) is 22.2. The zero-order valence-corrected chi connectivity index (χ0v) is 36.2. The highest BCUT2D eigenvalue weighted by atomic mass is 19.4. The third kappa shape index (κ3) is 6.88. The van der Waals surface area contributed by atoms with Crippen LogP contribution in [-0.2, 0) is 6.18 Å². The molecule has 4 heterocycles. The van der Waals surface area contributed by atoms with E-state index < -0.39 is 11.7 Å². The molecular weight excluding hydrogens is 848 g/mol. The number of benzene rings is 8. The molecule has 8 heteroatoms. The Bertz CT molecular complexity index is 3940. The lowest BCUT2D eigenvalue weighted by atomic mass is 9.97. The SMILES string of the molecule is N#Cc1cc(-n2c3ccccc3c3cc(-c4ccc(-c5ccccc5)nc4)ccc32)c(-c2cccc(C(F)(F)F)c2)cc1-n1c2ccccc2c2cc(-c3ccc(-c4ccccc4)nc3)ccc21. The number of fused-ring (bicyclic) bond motifs is 6. The normalized spacial score (nSPS) is 11.7. The molecule has 0 aliphatic heterocycles. The summed E-state index contributed by atoms with van der Waals surface area (Å²) < 4.78 is 47.7. The van der Waals surface area contributed by atoms with E-state index in [1.165, 1.54) is 12.1 Å². The Kier molecular flexibility index (Phi) is 9.59. The molecule has 0 unspecified atom stereocenters. The van der Waals surface area contributed by atoms with E-state index in [4.69, 9.17) is 9.97 Å². The van der Waals surface area contributed by atoms with Crippen LogP contribution in [0.15, 0.2) is 219 Å². The number of para-hydroxylation sites is 2. The van der Waals surface area contributed by atoms with Gasteiger partial charge in [0.1, 0.15) is 6.07 Å². The molecule has 12 aromatic rings. The highest BCUT2D eigenvalue weighted by Crippen LogP contribution is 2.43. The number of rotatable bonds is 7. The quantitative estimate of drug-likeness (QED) is 0.160. The van der Waals surface area contributed by atoms with Gasteiger partial charge in [0.05, 0.1) is 56.0 Å². The van der Waals surface area contributed by atoms with Crippen molar-refractivity contribution in [3.05, 3.63) is 230 Å². The van der Waals surface area contributed by atoms with Crippen molar-refractivity contribution in [1.82, 2.24) is 19.1 Å². The van der Waals surface area contributed by atoms with Gasteiger partial charge in [-0.05, 0) is 89.5 Å². The summed E-state index contributed by atoms with van der Waals surface area (Å²) in [4.78, 5) is 9.57. The molecule has 0 atom stereocenters. The molecule has 0 aliphatic rings. The lowest BCUT2D eigenvalue weighted by Crippen LogP contribution is -2.06. The number of halogens is 3. The Morgan fingerprint density at radius 3 is 1.35 bits per heavy atom. The molecule has 0 N–H and O–H groups in total. The van der Waals surface area contributed by atoms with Crippen molar-refractivity contribution in [2.75, 3.05) is 0 Å². The first-order valence-electron chi connectivity index (χ1n) is 22.2. The van der Waals surface area contributed by atoms with Crippen molar-refractivity contribution in [2.24, 2.45) is 0 Å². The number of alkyl halides is 3. The molecule has 0 aliphatic carbocycles. The van der Waals surface area contributed by atoms with Gasteiger partial charge in [-0.25, -0.2) is 0 Å². The van der Waals surface area contributed by atoms with E-state index >= 15 is 0 Å². The molecule has 8 aromatic carbocycles. The Balaban J connectivity index is 1.05.